The molecule has 0 bridgehead atoms. The molecule has 1 fully saturated rings. The van der Waals surface area contributed by atoms with Crippen molar-refractivity contribution in [1.82, 2.24) is 9.13 Å². The lowest BCUT2D eigenvalue weighted by atomic mass is 10.3. The number of nitrogens with zero attached hydrogens (tertiary/aromatic N) is 2. The number of rotatable bonds is 5. The molecule has 0 aromatic rings. The van der Waals surface area contributed by atoms with Gasteiger partial charge in [-0.1, -0.05) is 20.3 Å². The molecule has 1 atom stereocenters. The highest BCUT2D eigenvalue weighted by Crippen LogP contribution is 2.18. The van der Waals surface area contributed by atoms with Crippen molar-refractivity contribution in [2.75, 3.05) is 13.1 Å². The zero-order chi connectivity index (χ0) is 8.97. The van der Waals surface area contributed by atoms with Gasteiger partial charge < -0.3 is 0 Å². The maximum atomic E-state index is 13.2. The Labute approximate surface area is 76.7 Å². The van der Waals surface area contributed by atoms with Gasteiger partial charge in [0.25, 0.3) is 0 Å². The van der Waals surface area contributed by atoms with Crippen LogP contribution in [0.15, 0.2) is 0 Å². The Kier molecular flexibility index (Phi) is 4.18. The Morgan fingerprint density at radius 2 is 1.83 bits per heavy atom. The average molecular weight is 190 g/mol. The summed E-state index contributed by atoms with van der Waals surface area (Å²) in [6.45, 7) is 6.19. The molecule has 2 nitrogen and oxygen atoms in total. The Balaban J connectivity index is 2.10. The van der Waals surface area contributed by atoms with E-state index in [2.05, 4.69) is 13.8 Å². The molecule has 0 aliphatic carbocycles. The van der Waals surface area contributed by atoms with Crippen LogP contribution in [0.4, 0.5) is 4.39 Å². The first-order chi connectivity index (χ1) is 5.79. The number of unbranched alkanes of at least 4 members (excludes halogenated alkanes) is 1. The topological polar surface area (TPSA) is 6.48 Å². The van der Waals surface area contributed by atoms with Gasteiger partial charge in [0.15, 0.2) is 16.3 Å². The highest BCUT2D eigenvalue weighted by molar-refractivity contribution is 6.31. The van der Waals surface area contributed by atoms with Gasteiger partial charge >= 0.3 is 0 Å². The van der Waals surface area contributed by atoms with Crippen molar-refractivity contribution in [3.8, 4) is 0 Å². The van der Waals surface area contributed by atoms with E-state index < -0.39 is 6.42 Å². The summed E-state index contributed by atoms with van der Waals surface area (Å²) in [7, 11) is -0.354. The second-order valence-electron chi connectivity index (χ2n) is 3.43. The maximum absolute atomic E-state index is 13.2. The van der Waals surface area contributed by atoms with Gasteiger partial charge in [-0.25, -0.2) is 4.39 Å². The second kappa shape index (κ2) is 4.94. The van der Waals surface area contributed by atoms with Crippen LogP contribution in [0.2, 0.25) is 0 Å². The summed E-state index contributed by atoms with van der Waals surface area (Å²) >= 11 is 0. The fourth-order valence-electron chi connectivity index (χ4n) is 1.51. The lowest BCUT2D eigenvalue weighted by molar-refractivity contribution is -0.0169. The van der Waals surface area contributed by atoms with Gasteiger partial charge in [0.2, 0.25) is 0 Å². The summed E-state index contributed by atoms with van der Waals surface area (Å²) in [6, 6.07) is 0. The lowest BCUT2D eigenvalue weighted by Crippen LogP contribution is -2.64. The number of hydrogen-bond donors (Lipinski definition) is 0. The first kappa shape index (κ1) is 10.1. The maximum Gasteiger partial charge on any atom is 0.199 e. The second-order valence-corrected chi connectivity index (χ2v) is 5.34. The van der Waals surface area contributed by atoms with Crippen molar-refractivity contribution < 1.29 is 4.39 Å². The summed E-state index contributed by atoms with van der Waals surface area (Å²) in [5, 5.41) is 0. The van der Waals surface area contributed by atoms with Crippen molar-refractivity contribution in [1.29, 1.82) is 0 Å². The highest BCUT2D eigenvalue weighted by Gasteiger charge is 2.35. The van der Waals surface area contributed by atoms with Crippen LogP contribution in [0.3, 0.4) is 0 Å². The molecule has 0 amide bonds. The van der Waals surface area contributed by atoms with Crippen LogP contribution in [-0.4, -0.2) is 38.5 Å². The van der Waals surface area contributed by atoms with Crippen LogP contribution in [0, 0.1) is 0 Å². The Morgan fingerprint density at radius 1 is 1.17 bits per heavy atom. The van der Waals surface area contributed by atoms with Gasteiger partial charge in [-0.3, -0.25) is 9.13 Å². The van der Waals surface area contributed by atoms with Crippen LogP contribution in [0.5, 0.6) is 0 Å². The smallest absolute Gasteiger partial charge is 0.199 e. The van der Waals surface area contributed by atoms with E-state index in [9.17, 15) is 4.39 Å². The first-order valence-electron chi connectivity index (χ1n) is 4.91. The Bertz CT molecular complexity index is 134. The monoisotopic (exact) mass is 190 g/mol. The molecule has 0 saturated carbocycles. The van der Waals surface area contributed by atoms with Crippen LogP contribution in [0.25, 0.3) is 0 Å². The molecular formula is C8H19FN2Si. The predicted molar refractivity (Wildman–Crippen MR) is 52.1 cm³/mol. The SMILES string of the molecule is CCCCN1[SiH2]N(CCC)C1F. The van der Waals surface area contributed by atoms with Crippen LogP contribution < -0.4 is 0 Å². The number of hydrogen-bond acceptors (Lipinski definition) is 2. The molecule has 0 N–H and O–H groups in total. The van der Waals surface area contributed by atoms with Crippen molar-refractivity contribution in [2.45, 2.75) is 39.5 Å². The fraction of sp³-hybridized carbons (Fsp3) is 1.00. The van der Waals surface area contributed by atoms with Gasteiger partial charge in [0, 0.05) is 0 Å². The standard InChI is InChI=1S/C8H19FN2Si/c1-3-5-7-11-8(9)10(12-11)6-4-2/h8H,3-7,12H2,1-2H3. The minimum atomic E-state index is -0.733. The molecule has 1 aliphatic rings. The van der Waals surface area contributed by atoms with E-state index >= 15 is 0 Å². The third kappa shape index (κ3) is 2.28. The molecule has 1 unspecified atom stereocenters. The van der Waals surface area contributed by atoms with E-state index in [-0.39, 0.29) is 9.84 Å². The normalized spacial score (nSPS) is 27.8. The van der Waals surface area contributed by atoms with Crippen molar-refractivity contribution >= 4 is 9.84 Å². The van der Waals surface area contributed by atoms with Gasteiger partial charge in [-0.05, 0) is 25.9 Å². The molecular weight excluding hydrogens is 171 g/mol. The van der Waals surface area contributed by atoms with Crippen molar-refractivity contribution in [3.05, 3.63) is 0 Å². The van der Waals surface area contributed by atoms with Crippen LogP contribution >= 0.6 is 0 Å². The van der Waals surface area contributed by atoms with Gasteiger partial charge in [-0.2, -0.15) is 0 Å². The molecule has 0 aromatic carbocycles. The molecule has 1 saturated heterocycles. The summed E-state index contributed by atoms with van der Waals surface area (Å²) in [6.07, 6.45) is 2.66. The molecule has 0 radical (unpaired) electrons. The average Bonchev–Trinajstić information content (AvgIpc) is 2.09. The minimum Gasteiger partial charge on any atom is -0.275 e. The van der Waals surface area contributed by atoms with E-state index in [1.165, 1.54) is 6.42 Å². The largest absolute Gasteiger partial charge is 0.275 e. The Hall–Kier alpha value is 0.0669. The molecule has 1 aliphatic heterocycles. The zero-order valence-electron chi connectivity index (χ0n) is 8.09. The highest BCUT2D eigenvalue weighted by atomic mass is 28.2. The molecule has 4 heteroatoms. The van der Waals surface area contributed by atoms with Crippen LogP contribution in [-0.2, 0) is 0 Å². The lowest BCUT2D eigenvalue weighted by Gasteiger charge is -2.45. The third-order valence-corrected chi connectivity index (χ3v) is 4.24. The molecule has 0 aromatic heterocycles. The van der Waals surface area contributed by atoms with Gasteiger partial charge in [0.1, 0.15) is 0 Å². The summed E-state index contributed by atoms with van der Waals surface area (Å²) in [5.41, 5.74) is 0. The molecule has 1 rings (SSSR count). The van der Waals surface area contributed by atoms with E-state index in [1.54, 1.807) is 0 Å². The van der Waals surface area contributed by atoms with Gasteiger partial charge in [-0.15, -0.1) is 0 Å². The third-order valence-electron chi connectivity index (χ3n) is 2.28. The van der Waals surface area contributed by atoms with E-state index in [1.807, 2.05) is 9.13 Å². The van der Waals surface area contributed by atoms with Crippen LogP contribution in [0.1, 0.15) is 33.1 Å². The summed E-state index contributed by atoms with van der Waals surface area (Å²) in [5.74, 6) is 0. The fourth-order valence-corrected chi connectivity index (χ4v) is 3.22. The minimum absolute atomic E-state index is 0.354. The summed E-state index contributed by atoms with van der Waals surface area (Å²) < 4.78 is 17.3. The van der Waals surface area contributed by atoms with E-state index in [4.69, 9.17) is 0 Å². The predicted octanol–water partition coefficient (Wildman–Crippen LogP) is 1.07. The quantitative estimate of drug-likeness (QED) is 0.472. The van der Waals surface area contributed by atoms with E-state index in [0.29, 0.717) is 0 Å². The van der Waals surface area contributed by atoms with Gasteiger partial charge in [0.05, 0.1) is 0 Å². The number of halogens is 1. The molecule has 12 heavy (non-hydrogen) atoms. The van der Waals surface area contributed by atoms with Crippen molar-refractivity contribution in [3.63, 3.8) is 0 Å². The Morgan fingerprint density at radius 3 is 2.33 bits per heavy atom. The number of alkyl halides is 1. The van der Waals surface area contributed by atoms with E-state index in [0.717, 1.165) is 25.9 Å². The zero-order valence-corrected chi connectivity index (χ0v) is 9.51. The summed E-state index contributed by atoms with van der Waals surface area (Å²) in [4.78, 5) is 0. The molecule has 0 spiro atoms. The molecule has 72 valence electrons. The first-order valence-corrected chi connectivity index (χ1v) is 6.18. The molecule has 1 heterocycles. The van der Waals surface area contributed by atoms with Crippen molar-refractivity contribution in [2.24, 2.45) is 0 Å².